The first-order valence-corrected chi connectivity index (χ1v) is 8.34. The van der Waals surface area contributed by atoms with E-state index < -0.39 is 0 Å². The summed E-state index contributed by atoms with van der Waals surface area (Å²) in [7, 11) is 1.57. The maximum absolute atomic E-state index is 12.8. The van der Waals surface area contributed by atoms with Crippen LogP contribution in [0.25, 0.3) is 22.0 Å². The first-order chi connectivity index (χ1) is 13.0. The molecule has 1 aromatic heterocycles. The molecule has 1 aliphatic rings. The number of nitrogens with two attached hydrogens (primary N) is 1. The highest BCUT2D eigenvalue weighted by molar-refractivity contribution is 6.05. The highest BCUT2D eigenvalue weighted by Gasteiger charge is 2.32. The van der Waals surface area contributed by atoms with Crippen molar-refractivity contribution in [1.82, 2.24) is 15.1 Å². The average Bonchev–Trinajstić information content (AvgIpc) is 3.23. The zero-order valence-electron chi connectivity index (χ0n) is 14.7. The van der Waals surface area contributed by atoms with E-state index in [1.165, 1.54) is 0 Å². The maximum Gasteiger partial charge on any atom is 0.256 e. The number of fused-ring (bicyclic) bond motifs is 2. The number of amides is 1. The van der Waals surface area contributed by atoms with E-state index in [4.69, 9.17) is 15.7 Å². The molecule has 0 fully saturated rings. The molecule has 0 bridgehead atoms. The summed E-state index contributed by atoms with van der Waals surface area (Å²) < 4.78 is 5.30. The van der Waals surface area contributed by atoms with Crippen LogP contribution >= 0.6 is 0 Å². The fourth-order valence-corrected chi connectivity index (χ4v) is 3.48. The van der Waals surface area contributed by atoms with E-state index in [2.05, 4.69) is 16.8 Å². The van der Waals surface area contributed by atoms with E-state index in [1.54, 1.807) is 18.1 Å². The number of benzene rings is 2. The lowest BCUT2D eigenvalue weighted by Gasteiger charge is -2.14. The molecule has 7 nitrogen and oxygen atoms in total. The lowest BCUT2D eigenvalue weighted by atomic mass is 9.95. The number of nitrogen functional groups attached to an aromatic ring is 1. The molecule has 0 unspecified atom stereocenters. The molecule has 1 amide bonds. The highest BCUT2D eigenvalue weighted by Crippen LogP contribution is 2.37. The minimum Gasteiger partial charge on any atom is -0.480 e. The molecular formula is C20H17N5O2. The largest absolute Gasteiger partial charge is 0.480 e. The van der Waals surface area contributed by atoms with Gasteiger partial charge in [-0.15, -0.1) is 5.10 Å². The van der Waals surface area contributed by atoms with Gasteiger partial charge >= 0.3 is 0 Å². The van der Waals surface area contributed by atoms with Gasteiger partial charge in [0.2, 0.25) is 5.88 Å². The van der Waals surface area contributed by atoms with Crippen molar-refractivity contribution < 1.29 is 9.53 Å². The molecule has 2 aromatic carbocycles. The molecule has 0 aliphatic carbocycles. The van der Waals surface area contributed by atoms with Gasteiger partial charge in [0.15, 0.2) is 0 Å². The number of rotatable bonds is 4. The number of aromatic amines is 1. The van der Waals surface area contributed by atoms with Gasteiger partial charge in [0.05, 0.1) is 36.2 Å². The van der Waals surface area contributed by atoms with E-state index in [-0.39, 0.29) is 12.5 Å². The molecule has 7 heteroatoms. The van der Waals surface area contributed by atoms with Gasteiger partial charge in [0.1, 0.15) is 0 Å². The van der Waals surface area contributed by atoms with Crippen molar-refractivity contribution >= 4 is 22.5 Å². The summed E-state index contributed by atoms with van der Waals surface area (Å²) in [4.78, 5) is 14.4. The van der Waals surface area contributed by atoms with Crippen molar-refractivity contribution in [3.05, 3.63) is 53.6 Å². The number of methoxy groups -OCH3 is 1. The predicted octanol–water partition coefficient (Wildman–Crippen LogP) is 2.86. The molecule has 0 saturated carbocycles. The second-order valence-electron chi connectivity index (χ2n) is 6.43. The van der Waals surface area contributed by atoms with Crippen molar-refractivity contribution in [3.63, 3.8) is 0 Å². The highest BCUT2D eigenvalue weighted by atomic mass is 16.5. The van der Waals surface area contributed by atoms with Gasteiger partial charge in [-0.25, -0.2) is 0 Å². The molecule has 27 heavy (non-hydrogen) atoms. The maximum atomic E-state index is 12.8. The van der Waals surface area contributed by atoms with Crippen LogP contribution in [0.3, 0.4) is 0 Å². The third kappa shape index (κ3) is 2.59. The summed E-state index contributed by atoms with van der Waals surface area (Å²) in [6.45, 7) is 4.25. The van der Waals surface area contributed by atoms with Gasteiger partial charge < -0.3 is 15.4 Å². The van der Waals surface area contributed by atoms with Gasteiger partial charge in [0.25, 0.3) is 5.91 Å². The Labute approximate surface area is 155 Å². The molecule has 1 aliphatic heterocycles. The van der Waals surface area contributed by atoms with Crippen LogP contribution in [0.4, 0.5) is 5.69 Å². The van der Waals surface area contributed by atoms with E-state index >= 15 is 0 Å². The van der Waals surface area contributed by atoms with Crippen molar-refractivity contribution in [2.24, 2.45) is 0 Å². The Kier molecular flexibility index (Phi) is 3.81. The molecule has 134 valence electrons. The normalized spacial score (nSPS) is 12.9. The SMILES string of the molecule is C=C(C#N)CN1Cc2c(-c3ccc4[nH]nc(OC)c4c3)ccc(N)c2C1=O. The third-order valence-corrected chi connectivity index (χ3v) is 4.77. The minimum atomic E-state index is -0.178. The minimum absolute atomic E-state index is 0.178. The topological polar surface area (TPSA) is 108 Å². The predicted molar refractivity (Wildman–Crippen MR) is 102 cm³/mol. The first kappa shape index (κ1) is 16.7. The summed E-state index contributed by atoms with van der Waals surface area (Å²) in [5.74, 6) is 0.338. The Morgan fingerprint density at radius 2 is 2.26 bits per heavy atom. The molecule has 3 aromatic rings. The molecule has 3 N–H and O–H groups in total. The monoisotopic (exact) mass is 359 g/mol. The standard InChI is InChI=1S/C20H17N5O2/c1-11(8-21)9-25-10-15-13(4-5-16(22)18(15)20(25)26)12-3-6-17-14(7-12)19(27-2)24-23-17/h3-7H,1,9-10,22H2,2H3,(H,23,24). The molecule has 2 heterocycles. The molecule has 0 atom stereocenters. The number of carbonyl (C=O) groups excluding carboxylic acids is 1. The molecule has 0 spiro atoms. The number of carbonyl (C=O) groups is 1. The van der Waals surface area contributed by atoms with Gasteiger partial charge in [0, 0.05) is 17.8 Å². The van der Waals surface area contributed by atoms with Crippen LogP contribution < -0.4 is 10.5 Å². The van der Waals surface area contributed by atoms with Crippen LogP contribution in [0.5, 0.6) is 5.88 Å². The Bertz CT molecular complexity index is 1140. The van der Waals surface area contributed by atoms with Crippen LogP contribution in [-0.2, 0) is 6.54 Å². The number of aromatic nitrogens is 2. The van der Waals surface area contributed by atoms with Gasteiger partial charge in [-0.1, -0.05) is 18.7 Å². The molecule has 0 saturated heterocycles. The number of nitrogens with one attached hydrogen (secondary N) is 1. The van der Waals surface area contributed by atoms with Crippen molar-refractivity contribution in [2.75, 3.05) is 19.4 Å². The van der Waals surface area contributed by atoms with E-state index in [9.17, 15) is 4.79 Å². The number of nitriles is 1. The number of hydrogen-bond donors (Lipinski definition) is 2. The van der Waals surface area contributed by atoms with Crippen LogP contribution in [-0.4, -0.2) is 34.7 Å². The first-order valence-electron chi connectivity index (χ1n) is 8.34. The Balaban J connectivity index is 1.82. The smallest absolute Gasteiger partial charge is 0.256 e. The average molecular weight is 359 g/mol. The fourth-order valence-electron chi connectivity index (χ4n) is 3.48. The van der Waals surface area contributed by atoms with Crippen LogP contribution in [0.15, 0.2) is 42.5 Å². The van der Waals surface area contributed by atoms with Crippen molar-refractivity contribution in [1.29, 1.82) is 5.26 Å². The van der Waals surface area contributed by atoms with Gasteiger partial charge in [-0.05, 0) is 34.9 Å². The number of nitrogens with zero attached hydrogens (tertiary/aromatic N) is 3. The van der Waals surface area contributed by atoms with E-state index in [0.717, 1.165) is 27.6 Å². The van der Waals surface area contributed by atoms with Gasteiger partial charge in [-0.2, -0.15) is 5.26 Å². The third-order valence-electron chi connectivity index (χ3n) is 4.77. The number of hydrogen-bond acceptors (Lipinski definition) is 5. The summed E-state index contributed by atoms with van der Waals surface area (Å²) in [5, 5.41) is 16.9. The molecule has 0 radical (unpaired) electrons. The number of H-pyrrole nitrogens is 1. The lowest BCUT2D eigenvalue weighted by molar-refractivity contribution is 0.0794. The summed E-state index contributed by atoms with van der Waals surface area (Å²) >= 11 is 0. The summed E-state index contributed by atoms with van der Waals surface area (Å²) in [5.41, 5.74) is 10.9. The van der Waals surface area contributed by atoms with Crippen LogP contribution in [0.2, 0.25) is 0 Å². The lowest BCUT2D eigenvalue weighted by Crippen LogP contribution is -2.26. The van der Waals surface area contributed by atoms with Gasteiger partial charge in [-0.3, -0.25) is 9.89 Å². The summed E-state index contributed by atoms with van der Waals surface area (Å²) in [6, 6.07) is 11.5. The number of anilines is 1. The van der Waals surface area contributed by atoms with Crippen LogP contribution in [0.1, 0.15) is 15.9 Å². The molecule has 4 rings (SSSR count). The van der Waals surface area contributed by atoms with Crippen LogP contribution in [0, 0.1) is 11.3 Å². The second kappa shape index (κ2) is 6.18. The van der Waals surface area contributed by atoms with E-state index in [0.29, 0.717) is 29.2 Å². The zero-order valence-corrected chi connectivity index (χ0v) is 14.7. The number of ether oxygens (including phenoxy) is 1. The van der Waals surface area contributed by atoms with Crippen molar-refractivity contribution in [3.8, 4) is 23.1 Å². The zero-order chi connectivity index (χ0) is 19.1. The Morgan fingerprint density at radius 1 is 1.44 bits per heavy atom. The van der Waals surface area contributed by atoms with E-state index in [1.807, 2.05) is 30.3 Å². The Hall–Kier alpha value is -3.79. The quantitative estimate of drug-likeness (QED) is 0.550. The second-order valence-corrected chi connectivity index (χ2v) is 6.43. The molecular weight excluding hydrogens is 342 g/mol. The Morgan fingerprint density at radius 3 is 3.00 bits per heavy atom. The summed E-state index contributed by atoms with van der Waals surface area (Å²) in [6.07, 6.45) is 0. The van der Waals surface area contributed by atoms with Crippen molar-refractivity contribution in [2.45, 2.75) is 6.54 Å². The fraction of sp³-hybridized carbons (Fsp3) is 0.150.